The minimum absolute atomic E-state index is 0.00560. The maximum absolute atomic E-state index is 13.1. The van der Waals surface area contributed by atoms with Gasteiger partial charge in [-0.05, 0) is 59.8 Å². The summed E-state index contributed by atoms with van der Waals surface area (Å²) in [5, 5.41) is 0. The molecule has 8 nitrogen and oxygen atoms in total. The highest BCUT2D eigenvalue weighted by Gasteiger charge is 2.43. The van der Waals surface area contributed by atoms with Gasteiger partial charge in [0, 0.05) is 64.8 Å². The number of hydrogen-bond donors (Lipinski definition) is 0. The predicted octanol–water partition coefficient (Wildman–Crippen LogP) is 1.80. The topological polar surface area (TPSA) is 64.4 Å². The third kappa shape index (κ3) is 4.30. The number of likely N-dealkylation sites (N-methyl/N-ethyl adjacent to an activating group) is 1. The quantitative estimate of drug-likeness (QED) is 0.640. The molecule has 2 aromatic heterocycles. The highest BCUT2D eigenvalue weighted by molar-refractivity contribution is 9.10. The third-order valence-electron chi connectivity index (χ3n) is 7.51. The molecule has 172 valence electrons. The number of likely N-dealkylation sites (tertiary alicyclic amines) is 2. The smallest absolute Gasteiger partial charge is 0.274 e. The van der Waals surface area contributed by atoms with Gasteiger partial charge in [-0.25, -0.2) is 4.98 Å². The highest BCUT2D eigenvalue weighted by Crippen LogP contribution is 2.40. The van der Waals surface area contributed by atoms with E-state index in [2.05, 4.69) is 37.8 Å². The van der Waals surface area contributed by atoms with Crippen LogP contribution in [0.4, 0.5) is 0 Å². The summed E-state index contributed by atoms with van der Waals surface area (Å²) in [5.74, 6) is 0.261. The number of fused-ring (bicyclic) bond motifs is 1. The van der Waals surface area contributed by atoms with E-state index in [1.807, 2.05) is 38.7 Å². The van der Waals surface area contributed by atoms with Crippen molar-refractivity contribution in [3.8, 4) is 0 Å². The summed E-state index contributed by atoms with van der Waals surface area (Å²) < 4.78 is 2.76. The van der Waals surface area contributed by atoms with Gasteiger partial charge in [-0.1, -0.05) is 0 Å². The summed E-state index contributed by atoms with van der Waals surface area (Å²) in [6.07, 6.45) is 6.68. The van der Waals surface area contributed by atoms with Crippen molar-refractivity contribution < 1.29 is 9.59 Å². The van der Waals surface area contributed by atoms with Crippen molar-refractivity contribution in [1.29, 1.82) is 0 Å². The Morgan fingerprint density at radius 3 is 2.41 bits per heavy atom. The van der Waals surface area contributed by atoms with Gasteiger partial charge in [0.05, 0.1) is 11.0 Å². The monoisotopic (exact) mass is 502 g/mol. The molecule has 1 spiro atoms. The lowest BCUT2D eigenvalue weighted by molar-refractivity contribution is -0.135. The summed E-state index contributed by atoms with van der Waals surface area (Å²) in [7, 11) is 2.13. The predicted molar refractivity (Wildman–Crippen MR) is 126 cm³/mol. The van der Waals surface area contributed by atoms with Gasteiger partial charge in [0.2, 0.25) is 5.91 Å². The van der Waals surface area contributed by atoms with Crippen LogP contribution in [-0.2, 0) is 4.79 Å². The number of carbonyl (C=O) groups excluding carboxylic acids is 2. The molecule has 9 heteroatoms. The second-order valence-electron chi connectivity index (χ2n) is 9.65. The Labute approximate surface area is 197 Å². The zero-order valence-electron chi connectivity index (χ0n) is 18.7. The average molecular weight is 503 g/mol. The highest BCUT2D eigenvalue weighted by atomic mass is 79.9. The summed E-state index contributed by atoms with van der Waals surface area (Å²) >= 11 is 3.51. The Kier molecular flexibility index (Phi) is 5.98. The van der Waals surface area contributed by atoms with Gasteiger partial charge in [0.15, 0.2) is 5.65 Å². The molecule has 0 unspecified atom stereocenters. The molecule has 5 heterocycles. The molecule has 0 bridgehead atoms. The molecule has 2 amide bonds. The van der Waals surface area contributed by atoms with E-state index in [9.17, 15) is 9.59 Å². The molecule has 0 saturated carbocycles. The van der Waals surface area contributed by atoms with Crippen LogP contribution < -0.4 is 0 Å². The van der Waals surface area contributed by atoms with E-state index in [1.54, 1.807) is 0 Å². The average Bonchev–Trinajstić information content (AvgIpc) is 3.41. The SMILES string of the molecule is CN1CCN(CC(=O)N2CCC3(CC2)CCN(C(=O)c2cn4cccc(Br)c4n2)C3)CC1. The number of halogens is 1. The standard InChI is InChI=1S/C23H31BrN6O2/c1-26-11-13-27(14-12-26)16-20(31)28-8-4-23(5-9-28)6-10-30(17-23)22(32)19-15-29-7-2-3-18(24)21(29)25-19/h2-3,7,15H,4-6,8-14,16-17H2,1H3. The molecule has 5 rings (SSSR count). The lowest BCUT2D eigenvalue weighted by Gasteiger charge is -2.40. The van der Waals surface area contributed by atoms with Crippen LogP contribution in [0.5, 0.6) is 0 Å². The molecule has 0 aliphatic carbocycles. The van der Waals surface area contributed by atoms with Crippen LogP contribution in [0.15, 0.2) is 29.0 Å². The molecule has 3 aliphatic rings. The fourth-order valence-electron chi connectivity index (χ4n) is 5.29. The van der Waals surface area contributed by atoms with E-state index in [-0.39, 0.29) is 17.2 Å². The molecular weight excluding hydrogens is 472 g/mol. The zero-order valence-corrected chi connectivity index (χ0v) is 20.3. The summed E-state index contributed by atoms with van der Waals surface area (Å²) in [6.45, 7) is 7.67. The number of piperidine rings is 1. The van der Waals surface area contributed by atoms with Crippen LogP contribution in [0, 0.1) is 5.41 Å². The Hall–Kier alpha value is -1.97. The van der Waals surface area contributed by atoms with Crippen LogP contribution in [-0.4, -0.2) is 107 Å². The number of pyridine rings is 1. The number of rotatable bonds is 3. The Bertz CT molecular complexity index is 1010. The van der Waals surface area contributed by atoms with Crippen molar-refractivity contribution >= 4 is 33.4 Å². The molecule has 0 atom stereocenters. The molecular formula is C23H31BrN6O2. The van der Waals surface area contributed by atoms with Crippen LogP contribution in [0.2, 0.25) is 0 Å². The fraction of sp³-hybridized carbons (Fsp3) is 0.609. The molecule has 0 aromatic carbocycles. The van der Waals surface area contributed by atoms with Crippen LogP contribution in [0.25, 0.3) is 5.65 Å². The minimum atomic E-state index is 0.00560. The van der Waals surface area contributed by atoms with Gasteiger partial charge in [0.1, 0.15) is 5.69 Å². The Morgan fingerprint density at radius 1 is 1.03 bits per heavy atom. The summed E-state index contributed by atoms with van der Waals surface area (Å²) in [5.41, 5.74) is 1.39. The Balaban J connectivity index is 1.16. The molecule has 2 aromatic rings. The zero-order chi connectivity index (χ0) is 22.3. The van der Waals surface area contributed by atoms with Gasteiger partial charge in [-0.3, -0.25) is 14.5 Å². The van der Waals surface area contributed by atoms with Crippen molar-refractivity contribution in [2.75, 3.05) is 66.0 Å². The third-order valence-corrected chi connectivity index (χ3v) is 8.13. The minimum Gasteiger partial charge on any atom is -0.342 e. The van der Waals surface area contributed by atoms with E-state index in [0.717, 1.165) is 81.7 Å². The number of carbonyl (C=O) groups is 2. The fourth-order valence-corrected chi connectivity index (χ4v) is 5.73. The van der Waals surface area contributed by atoms with Crippen LogP contribution in [0.1, 0.15) is 29.8 Å². The first-order valence-electron chi connectivity index (χ1n) is 11.5. The van der Waals surface area contributed by atoms with Crippen LogP contribution >= 0.6 is 15.9 Å². The first kappa shape index (κ1) is 21.9. The molecule has 32 heavy (non-hydrogen) atoms. The molecule has 3 fully saturated rings. The lowest BCUT2D eigenvalue weighted by atomic mass is 9.78. The van der Waals surface area contributed by atoms with E-state index in [1.165, 1.54) is 0 Å². The first-order valence-corrected chi connectivity index (χ1v) is 12.3. The Morgan fingerprint density at radius 2 is 1.72 bits per heavy atom. The normalized spacial score (nSPS) is 22.2. The number of hydrogen-bond acceptors (Lipinski definition) is 5. The van der Waals surface area contributed by atoms with Crippen molar-refractivity contribution in [2.24, 2.45) is 5.41 Å². The number of aromatic nitrogens is 2. The summed E-state index contributed by atoms with van der Waals surface area (Å²) in [4.78, 5) is 39.1. The number of nitrogens with zero attached hydrogens (tertiary/aromatic N) is 6. The van der Waals surface area contributed by atoms with Crippen molar-refractivity contribution in [3.63, 3.8) is 0 Å². The van der Waals surface area contributed by atoms with E-state index < -0.39 is 0 Å². The molecule has 0 radical (unpaired) electrons. The first-order chi connectivity index (χ1) is 15.4. The van der Waals surface area contributed by atoms with Gasteiger partial charge in [0.25, 0.3) is 5.91 Å². The number of piperazine rings is 1. The van der Waals surface area contributed by atoms with Gasteiger partial charge in [-0.2, -0.15) is 0 Å². The van der Waals surface area contributed by atoms with Gasteiger partial charge in [-0.15, -0.1) is 0 Å². The largest absolute Gasteiger partial charge is 0.342 e. The molecule has 3 aliphatic heterocycles. The van der Waals surface area contributed by atoms with Crippen LogP contribution in [0.3, 0.4) is 0 Å². The van der Waals surface area contributed by atoms with E-state index in [0.29, 0.717) is 12.2 Å². The number of amides is 2. The number of imidazole rings is 1. The molecule has 0 N–H and O–H groups in total. The second-order valence-corrected chi connectivity index (χ2v) is 10.5. The maximum atomic E-state index is 13.1. The maximum Gasteiger partial charge on any atom is 0.274 e. The lowest BCUT2D eigenvalue weighted by Crippen LogP contribution is -2.51. The summed E-state index contributed by atoms with van der Waals surface area (Å²) in [6, 6.07) is 3.86. The van der Waals surface area contributed by atoms with E-state index in [4.69, 9.17) is 0 Å². The second kappa shape index (κ2) is 8.76. The van der Waals surface area contributed by atoms with Crippen molar-refractivity contribution in [2.45, 2.75) is 19.3 Å². The van der Waals surface area contributed by atoms with Crippen molar-refractivity contribution in [1.82, 2.24) is 29.0 Å². The van der Waals surface area contributed by atoms with Crippen molar-refractivity contribution in [3.05, 3.63) is 34.7 Å². The van der Waals surface area contributed by atoms with Gasteiger partial charge >= 0.3 is 0 Å². The van der Waals surface area contributed by atoms with Gasteiger partial charge < -0.3 is 19.1 Å². The molecule has 3 saturated heterocycles. The van der Waals surface area contributed by atoms with E-state index >= 15 is 0 Å².